The number of hydrogen-bond donors (Lipinski definition) is 2. The summed E-state index contributed by atoms with van der Waals surface area (Å²) in [6.45, 7) is 4.58. The van der Waals surface area contributed by atoms with E-state index in [2.05, 4.69) is 5.32 Å². The summed E-state index contributed by atoms with van der Waals surface area (Å²) in [5, 5.41) is 2.81. The van der Waals surface area contributed by atoms with E-state index in [1.807, 2.05) is 0 Å². The molecular weight excluding hydrogens is 362 g/mol. The van der Waals surface area contributed by atoms with Gasteiger partial charge in [-0.1, -0.05) is 0 Å². The molecule has 8 nitrogen and oxygen atoms in total. The normalized spacial score (nSPS) is 38.5. The number of nitrogens with two attached hydrogens (primary N) is 1. The minimum Gasteiger partial charge on any atom is -0.447 e. The van der Waals surface area contributed by atoms with Crippen LogP contribution in [-0.2, 0) is 14.3 Å². The van der Waals surface area contributed by atoms with Gasteiger partial charge >= 0.3 is 12.2 Å². The van der Waals surface area contributed by atoms with Crippen molar-refractivity contribution in [3.8, 4) is 0 Å². The SMILES string of the molecule is CC(C)OC(=O)NC1CCN(C(=O)OC2C3CC4C[C@@H]2CC(C(N)=O)(C4)C3)C1. The van der Waals surface area contributed by atoms with Gasteiger partial charge in [0.2, 0.25) is 5.91 Å². The predicted octanol–water partition coefficient (Wildman–Crippen LogP) is 2.01. The van der Waals surface area contributed by atoms with Crippen LogP contribution in [-0.4, -0.2) is 54.3 Å². The molecule has 5 aliphatic rings. The molecule has 0 aromatic rings. The number of primary amides is 1. The fourth-order valence-corrected chi connectivity index (χ4v) is 6.12. The molecule has 0 aromatic carbocycles. The van der Waals surface area contributed by atoms with Gasteiger partial charge in [0.15, 0.2) is 0 Å². The Morgan fingerprint density at radius 2 is 1.82 bits per heavy atom. The van der Waals surface area contributed by atoms with Crippen molar-refractivity contribution in [3.05, 3.63) is 0 Å². The fourth-order valence-electron chi connectivity index (χ4n) is 6.12. The van der Waals surface area contributed by atoms with Crippen molar-refractivity contribution in [2.75, 3.05) is 13.1 Å². The van der Waals surface area contributed by atoms with Crippen LogP contribution in [0.3, 0.4) is 0 Å². The van der Waals surface area contributed by atoms with E-state index < -0.39 is 6.09 Å². The fraction of sp³-hybridized carbons (Fsp3) is 0.850. The quantitative estimate of drug-likeness (QED) is 0.759. The molecule has 3 N–H and O–H groups in total. The molecule has 156 valence electrons. The van der Waals surface area contributed by atoms with E-state index in [-0.39, 0.29) is 47.5 Å². The number of nitrogens with zero attached hydrogens (tertiary/aromatic N) is 1. The summed E-state index contributed by atoms with van der Waals surface area (Å²) >= 11 is 0. The zero-order valence-corrected chi connectivity index (χ0v) is 16.7. The summed E-state index contributed by atoms with van der Waals surface area (Å²) in [4.78, 5) is 38.2. The van der Waals surface area contributed by atoms with Crippen molar-refractivity contribution >= 4 is 18.1 Å². The van der Waals surface area contributed by atoms with Gasteiger partial charge in [0, 0.05) is 13.1 Å². The molecule has 1 heterocycles. The van der Waals surface area contributed by atoms with Crippen molar-refractivity contribution in [1.82, 2.24) is 10.2 Å². The Labute approximate surface area is 165 Å². The third kappa shape index (κ3) is 3.53. The van der Waals surface area contributed by atoms with Gasteiger partial charge in [0.05, 0.1) is 17.6 Å². The highest BCUT2D eigenvalue weighted by Crippen LogP contribution is 2.60. The summed E-state index contributed by atoms with van der Waals surface area (Å²) in [5.74, 6) is 0.825. The first-order chi connectivity index (χ1) is 13.3. The monoisotopic (exact) mass is 393 g/mol. The minimum atomic E-state index is -0.451. The Kier molecular flexibility index (Phi) is 4.91. The topological polar surface area (TPSA) is 111 Å². The van der Waals surface area contributed by atoms with Crippen molar-refractivity contribution in [3.63, 3.8) is 0 Å². The Balaban J connectivity index is 1.32. The number of rotatable bonds is 4. The summed E-state index contributed by atoms with van der Waals surface area (Å²) in [6, 6.07) is -0.115. The molecule has 1 aliphatic heterocycles. The molecule has 5 rings (SSSR count). The molecule has 0 aromatic heterocycles. The highest BCUT2D eigenvalue weighted by Gasteiger charge is 2.59. The van der Waals surface area contributed by atoms with Crippen molar-refractivity contribution in [2.45, 2.75) is 70.6 Å². The first kappa shape index (κ1) is 19.3. The molecule has 6 atom stereocenters. The van der Waals surface area contributed by atoms with E-state index in [0.29, 0.717) is 25.4 Å². The van der Waals surface area contributed by atoms with E-state index in [4.69, 9.17) is 15.2 Å². The first-order valence-corrected chi connectivity index (χ1v) is 10.5. The maximum Gasteiger partial charge on any atom is 0.410 e. The van der Waals surface area contributed by atoms with Crippen LogP contribution in [0.5, 0.6) is 0 Å². The highest BCUT2D eigenvalue weighted by molar-refractivity contribution is 5.81. The van der Waals surface area contributed by atoms with Crippen LogP contribution in [0.2, 0.25) is 0 Å². The van der Waals surface area contributed by atoms with Gasteiger partial charge in [0.1, 0.15) is 6.10 Å². The molecule has 8 heteroatoms. The third-order valence-corrected chi connectivity index (χ3v) is 7.06. The number of ether oxygens (including phenoxy) is 2. The molecule has 5 fully saturated rings. The van der Waals surface area contributed by atoms with Gasteiger partial charge in [-0.05, 0) is 70.1 Å². The summed E-state index contributed by atoms with van der Waals surface area (Å²) in [7, 11) is 0. The van der Waals surface area contributed by atoms with Crippen molar-refractivity contribution in [2.24, 2.45) is 28.9 Å². The minimum absolute atomic E-state index is 0.115. The van der Waals surface area contributed by atoms with E-state index in [9.17, 15) is 14.4 Å². The zero-order chi connectivity index (χ0) is 20.1. The lowest BCUT2D eigenvalue weighted by atomic mass is 9.48. The Morgan fingerprint density at radius 3 is 2.43 bits per heavy atom. The van der Waals surface area contributed by atoms with Crippen LogP contribution in [0.4, 0.5) is 9.59 Å². The van der Waals surface area contributed by atoms with Crippen LogP contribution in [0.15, 0.2) is 0 Å². The molecule has 0 spiro atoms. The maximum atomic E-state index is 12.7. The largest absolute Gasteiger partial charge is 0.447 e. The lowest BCUT2D eigenvalue weighted by Crippen LogP contribution is -2.59. The average molecular weight is 393 g/mol. The number of likely N-dealkylation sites (tertiary alicyclic amines) is 1. The average Bonchev–Trinajstić information content (AvgIpc) is 3.05. The third-order valence-electron chi connectivity index (χ3n) is 7.06. The second-order valence-corrected chi connectivity index (χ2v) is 9.49. The smallest absolute Gasteiger partial charge is 0.410 e. The number of hydrogen-bond acceptors (Lipinski definition) is 5. The molecule has 3 amide bonds. The van der Waals surface area contributed by atoms with E-state index in [1.54, 1.807) is 18.7 Å². The Morgan fingerprint density at radius 1 is 1.14 bits per heavy atom. The van der Waals surface area contributed by atoms with Gasteiger partial charge in [0.25, 0.3) is 0 Å². The Bertz CT molecular complexity index is 650. The van der Waals surface area contributed by atoms with E-state index in [0.717, 1.165) is 32.1 Å². The van der Waals surface area contributed by atoms with Crippen LogP contribution in [0, 0.1) is 23.2 Å². The molecule has 4 bridgehead atoms. The summed E-state index contributed by atoms with van der Waals surface area (Å²) in [6.07, 6.45) is 4.08. The first-order valence-electron chi connectivity index (χ1n) is 10.5. The zero-order valence-electron chi connectivity index (χ0n) is 16.7. The molecule has 1 saturated heterocycles. The highest BCUT2D eigenvalue weighted by atomic mass is 16.6. The number of amides is 3. The van der Waals surface area contributed by atoms with E-state index >= 15 is 0 Å². The molecule has 28 heavy (non-hydrogen) atoms. The van der Waals surface area contributed by atoms with Gasteiger partial charge in [-0.2, -0.15) is 0 Å². The molecule has 4 saturated carbocycles. The van der Waals surface area contributed by atoms with Crippen LogP contribution >= 0.6 is 0 Å². The van der Waals surface area contributed by atoms with Crippen LogP contribution in [0.1, 0.15) is 52.4 Å². The number of alkyl carbamates (subject to hydrolysis) is 1. The second kappa shape index (κ2) is 7.12. The van der Waals surface area contributed by atoms with Gasteiger partial charge in [-0.3, -0.25) is 4.79 Å². The van der Waals surface area contributed by atoms with Crippen molar-refractivity contribution < 1.29 is 23.9 Å². The lowest BCUT2D eigenvalue weighted by Gasteiger charge is -2.58. The molecule has 0 radical (unpaired) electrons. The van der Waals surface area contributed by atoms with Crippen molar-refractivity contribution in [1.29, 1.82) is 0 Å². The maximum absolute atomic E-state index is 12.7. The molecule has 4 aliphatic carbocycles. The van der Waals surface area contributed by atoms with Gasteiger partial charge in [-0.25, -0.2) is 9.59 Å². The van der Waals surface area contributed by atoms with Crippen LogP contribution in [0.25, 0.3) is 0 Å². The number of carbonyl (C=O) groups is 3. The van der Waals surface area contributed by atoms with Crippen LogP contribution < -0.4 is 11.1 Å². The number of nitrogens with one attached hydrogen (secondary N) is 1. The van der Waals surface area contributed by atoms with Gasteiger partial charge < -0.3 is 25.4 Å². The molecular formula is C20H31N3O5. The Hall–Kier alpha value is -1.99. The summed E-state index contributed by atoms with van der Waals surface area (Å²) in [5.41, 5.74) is 5.35. The van der Waals surface area contributed by atoms with E-state index in [1.165, 1.54) is 0 Å². The predicted molar refractivity (Wildman–Crippen MR) is 100 cm³/mol. The number of carbonyl (C=O) groups excluding carboxylic acids is 3. The van der Waals surface area contributed by atoms with Gasteiger partial charge in [-0.15, -0.1) is 0 Å². The second-order valence-electron chi connectivity index (χ2n) is 9.49. The standard InChI is InChI=1S/C20H31N3O5/c1-11(2)27-18(25)22-15-3-4-23(10-15)19(26)28-16-13-5-12-6-14(16)9-20(7-12,8-13)17(21)24/h11-16H,3-10H2,1-2H3,(H2,21,24)(H,22,25)/t12?,13-,14?,15?,16?,20?/m1/s1. The summed E-state index contributed by atoms with van der Waals surface area (Å²) < 4.78 is 11.0. The lowest BCUT2D eigenvalue weighted by molar-refractivity contribution is -0.161. The molecule has 5 unspecified atom stereocenters.